The third-order valence-corrected chi connectivity index (χ3v) is 5.95. The number of benzene rings is 1. The zero-order chi connectivity index (χ0) is 22.7. The van der Waals surface area contributed by atoms with Gasteiger partial charge in [0.05, 0.1) is 28.4 Å². The minimum atomic E-state index is -1.08. The number of pyridine rings is 1. The fourth-order valence-corrected chi connectivity index (χ4v) is 4.34. The lowest BCUT2D eigenvalue weighted by Crippen LogP contribution is -2.31. The molecule has 1 aliphatic rings. The van der Waals surface area contributed by atoms with Crippen molar-refractivity contribution in [2.24, 2.45) is 0 Å². The van der Waals surface area contributed by atoms with Gasteiger partial charge < -0.3 is 20.9 Å². The smallest absolute Gasteiger partial charge is 0.339 e. The van der Waals surface area contributed by atoms with Gasteiger partial charge in [0.25, 0.3) is 0 Å². The van der Waals surface area contributed by atoms with E-state index in [9.17, 15) is 9.90 Å². The Morgan fingerprint density at radius 3 is 2.59 bits per heavy atom. The fraction of sp³-hybridized carbons (Fsp3) is 0.417. The van der Waals surface area contributed by atoms with Gasteiger partial charge in [-0.1, -0.05) is 19.4 Å². The molecule has 0 amide bonds. The maximum Gasteiger partial charge on any atom is 0.339 e. The Morgan fingerprint density at radius 2 is 1.94 bits per heavy atom. The lowest BCUT2D eigenvalue weighted by molar-refractivity contribution is 0.0697. The van der Waals surface area contributed by atoms with E-state index in [2.05, 4.69) is 27.2 Å². The summed E-state index contributed by atoms with van der Waals surface area (Å²) in [4.78, 5) is 24.9. The molecule has 8 nitrogen and oxygen atoms in total. The van der Waals surface area contributed by atoms with Gasteiger partial charge in [-0.15, -0.1) is 0 Å². The summed E-state index contributed by atoms with van der Waals surface area (Å²) in [6.45, 7) is 3.80. The number of carboxylic acid groups (broad SMARTS) is 1. The standard InChI is InChI=1S/C24H29N5O3/c1-3-5-15-12-26-24(27-13-15)29-16-8-10-17(11-9-16)32-19-7-4-6-18-21(19)22(25)20(23(30)31)14(2)28-18/h4,6-7,12-13,16-17H,3,5,8-11H2,1-2H3,(H2,25,28)(H,30,31)(H,26,27,29)/t16-,17-. The Balaban J connectivity index is 1.43. The Hall–Kier alpha value is -3.42. The van der Waals surface area contributed by atoms with Gasteiger partial charge in [-0.3, -0.25) is 4.98 Å². The minimum Gasteiger partial charge on any atom is -0.490 e. The van der Waals surface area contributed by atoms with Crippen LogP contribution in [-0.2, 0) is 6.42 Å². The van der Waals surface area contributed by atoms with Crippen LogP contribution in [0.3, 0.4) is 0 Å². The summed E-state index contributed by atoms with van der Waals surface area (Å²) in [6, 6.07) is 5.81. The zero-order valence-electron chi connectivity index (χ0n) is 18.5. The number of aromatic nitrogens is 3. The highest BCUT2D eigenvalue weighted by atomic mass is 16.5. The molecule has 0 atom stereocenters. The number of ether oxygens (including phenoxy) is 1. The number of rotatable bonds is 7. The van der Waals surface area contributed by atoms with Gasteiger partial charge in [-0.05, 0) is 56.7 Å². The van der Waals surface area contributed by atoms with E-state index in [4.69, 9.17) is 10.5 Å². The molecule has 2 heterocycles. The number of carbonyl (C=O) groups is 1. The van der Waals surface area contributed by atoms with Crippen molar-refractivity contribution >= 4 is 28.5 Å². The lowest BCUT2D eigenvalue weighted by Gasteiger charge is -2.30. The molecular formula is C24H29N5O3. The molecule has 2 aromatic heterocycles. The van der Waals surface area contributed by atoms with Crippen LogP contribution in [0.2, 0.25) is 0 Å². The Morgan fingerprint density at radius 1 is 1.22 bits per heavy atom. The first-order valence-corrected chi connectivity index (χ1v) is 11.1. The van der Waals surface area contributed by atoms with Crippen LogP contribution in [0.15, 0.2) is 30.6 Å². The molecule has 1 aliphatic carbocycles. The van der Waals surface area contributed by atoms with Crippen LogP contribution >= 0.6 is 0 Å². The summed E-state index contributed by atoms with van der Waals surface area (Å²) in [5.41, 5.74) is 8.67. The molecule has 32 heavy (non-hydrogen) atoms. The molecule has 0 unspecified atom stereocenters. The Kier molecular flexibility index (Phi) is 6.39. The monoisotopic (exact) mass is 435 g/mol. The van der Waals surface area contributed by atoms with Crippen molar-refractivity contribution < 1.29 is 14.6 Å². The number of nitrogens with one attached hydrogen (secondary N) is 1. The minimum absolute atomic E-state index is 0.0282. The van der Waals surface area contributed by atoms with Gasteiger partial charge in [-0.2, -0.15) is 0 Å². The summed E-state index contributed by atoms with van der Waals surface area (Å²) in [5.74, 6) is 0.167. The zero-order valence-corrected chi connectivity index (χ0v) is 18.5. The summed E-state index contributed by atoms with van der Waals surface area (Å²) < 4.78 is 6.29. The van der Waals surface area contributed by atoms with Crippen molar-refractivity contribution in [1.82, 2.24) is 15.0 Å². The van der Waals surface area contributed by atoms with E-state index < -0.39 is 5.97 Å². The topological polar surface area (TPSA) is 123 Å². The maximum absolute atomic E-state index is 11.6. The molecule has 0 radical (unpaired) electrons. The molecule has 0 bridgehead atoms. The first kappa shape index (κ1) is 21.8. The van der Waals surface area contributed by atoms with Crippen molar-refractivity contribution in [3.63, 3.8) is 0 Å². The molecular weight excluding hydrogens is 406 g/mol. The molecule has 168 valence electrons. The van der Waals surface area contributed by atoms with E-state index in [0.717, 1.165) is 44.1 Å². The number of aryl methyl sites for hydroxylation is 2. The first-order chi connectivity index (χ1) is 15.5. The molecule has 4 N–H and O–H groups in total. The van der Waals surface area contributed by atoms with E-state index in [-0.39, 0.29) is 17.4 Å². The number of nitrogen functional groups attached to an aromatic ring is 1. The molecule has 3 aromatic rings. The molecule has 0 spiro atoms. The van der Waals surface area contributed by atoms with Crippen LogP contribution in [-0.4, -0.2) is 38.2 Å². The van der Waals surface area contributed by atoms with Crippen molar-refractivity contribution in [1.29, 1.82) is 0 Å². The second-order valence-corrected chi connectivity index (χ2v) is 8.34. The highest BCUT2D eigenvalue weighted by molar-refractivity contribution is 6.06. The van der Waals surface area contributed by atoms with Crippen molar-refractivity contribution in [3.05, 3.63) is 47.4 Å². The van der Waals surface area contributed by atoms with Crippen LogP contribution < -0.4 is 15.8 Å². The maximum atomic E-state index is 11.6. The predicted molar refractivity (Wildman–Crippen MR) is 124 cm³/mol. The van der Waals surface area contributed by atoms with Crippen LogP contribution in [0.1, 0.15) is 60.6 Å². The second kappa shape index (κ2) is 9.38. The van der Waals surface area contributed by atoms with Gasteiger partial charge in [0, 0.05) is 18.4 Å². The van der Waals surface area contributed by atoms with E-state index >= 15 is 0 Å². The van der Waals surface area contributed by atoms with Gasteiger partial charge in [-0.25, -0.2) is 14.8 Å². The van der Waals surface area contributed by atoms with E-state index in [1.807, 2.05) is 30.6 Å². The fourth-order valence-electron chi connectivity index (χ4n) is 4.34. The number of nitrogens with zero attached hydrogens (tertiary/aromatic N) is 3. The molecule has 8 heteroatoms. The normalized spacial score (nSPS) is 18.4. The van der Waals surface area contributed by atoms with Crippen LogP contribution in [0.4, 0.5) is 11.6 Å². The molecule has 1 aromatic carbocycles. The van der Waals surface area contributed by atoms with Gasteiger partial charge in [0.2, 0.25) is 5.95 Å². The summed E-state index contributed by atoms with van der Waals surface area (Å²) in [7, 11) is 0. The summed E-state index contributed by atoms with van der Waals surface area (Å²) >= 11 is 0. The van der Waals surface area contributed by atoms with E-state index in [0.29, 0.717) is 34.3 Å². The summed E-state index contributed by atoms with van der Waals surface area (Å²) in [6.07, 6.45) is 9.48. The number of carboxylic acids is 1. The largest absolute Gasteiger partial charge is 0.490 e. The predicted octanol–water partition coefficient (Wildman–Crippen LogP) is 4.37. The van der Waals surface area contributed by atoms with Crippen molar-refractivity contribution in [2.75, 3.05) is 11.1 Å². The third kappa shape index (κ3) is 4.59. The van der Waals surface area contributed by atoms with E-state index in [1.165, 1.54) is 0 Å². The number of hydrogen-bond donors (Lipinski definition) is 3. The van der Waals surface area contributed by atoms with Crippen molar-refractivity contribution in [3.8, 4) is 5.75 Å². The number of aromatic carboxylic acids is 1. The molecule has 0 aliphatic heterocycles. The summed E-state index contributed by atoms with van der Waals surface area (Å²) in [5, 5.41) is 13.5. The molecule has 4 rings (SSSR count). The highest BCUT2D eigenvalue weighted by Gasteiger charge is 2.25. The number of nitrogens with two attached hydrogens (primary N) is 1. The van der Waals surface area contributed by atoms with Crippen molar-refractivity contribution in [2.45, 2.75) is 64.5 Å². The van der Waals surface area contributed by atoms with Crippen LogP contribution in [0.5, 0.6) is 5.75 Å². The Bertz CT molecular complexity index is 1110. The van der Waals surface area contributed by atoms with Crippen LogP contribution in [0, 0.1) is 6.92 Å². The number of anilines is 2. The van der Waals surface area contributed by atoms with Crippen LogP contribution in [0.25, 0.3) is 10.9 Å². The molecule has 1 fully saturated rings. The SMILES string of the molecule is CCCc1cnc(N[C@H]2CC[C@H](Oc3cccc4nc(C)c(C(=O)O)c(N)c34)CC2)nc1. The van der Waals surface area contributed by atoms with E-state index in [1.54, 1.807) is 6.92 Å². The quantitative estimate of drug-likeness (QED) is 0.500. The average Bonchev–Trinajstić information content (AvgIpc) is 2.76. The number of fused-ring (bicyclic) bond motifs is 1. The van der Waals surface area contributed by atoms with Gasteiger partial charge in [0.1, 0.15) is 11.3 Å². The first-order valence-electron chi connectivity index (χ1n) is 11.1. The van der Waals surface area contributed by atoms with Gasteiger partial charge in [0.15, 0.2) is 0 Å². The lowest BCUT2D eigenvalue weighted by atomic mass is 9.93. The highest BCUT2D eigenvalue weighted by Crippen LogP contribution is 2.35. The average molecular weight is 436 g/mol. The molecule has 1 saturated carbocycles. The molecule has 0 saturated heterocycles. The third-order valence-electron chi connectivity index (χ3n) is 5.95. The second-order valence-electron chi connectivity index (χ2n) is 8.34. The number of hydrogen-bond acceptors (Lipinski definition) is 7. The Labute approximate surface area is 187 Å². The van der Waals surface area contributed by atoms with Gasteiger partial charge >= 0.3 is 5.97 Å².